The number of para-hydroxylation sites is 4. The Labute approximate surface area is 234 Å². The molecule has 0 aliphatic carbocycles. The second-order valence-electron chi connectivity index (χ2n) is 9.97. The van der Waals surface area contributed by atoms with Crippen molar-refractivity contribution in [1.29, 1.82) is 0 Å². The third-order valence-corrected chi connectivity index (χ3v) is 7.64. The number of pyridine rings is 1. The van der Waals surface area contributed by atoms with Crippen molar-refractivity contribution in [3.8, 4) is 16.9 Å². The largest absolute Gasteiger partial charge is 0.310 e. The van der Waals surface area contributed by atoms with Crippen LogP contribution in [0.15, 0.2) is 146 Å². The number of hydrogen-bond acceptors (Lipinski definition) is 2. The van der Waals surface area contributed by atoms with Crippen molar-refractivity contribution in [1.82, 2.24) is 9.55 Å². The summed E-state index contributed by atoms with van der Waals surface area (Å²) in [5.74, 6) is 0. The van der Waals surface area contributed by atoms with E-state index in [1.165, 1.54) is 33.1 Å². The molecule has 2 aromatic heterocycles. The van der Waals surface area contributed by atoms with E-state index >= 15 is 0 Å². The Bertz CT molecular complexity index is 1860. The standard InChI is InChI=1S/C37H29N3/c1-2-27-12-6-9-17-35(27)39(29-13-4-3-5-14-29)30-22-20-28(21-23-30)34-25-24-31(26-38-34)40-36-18-10-7-15-32(36)33-16-8-11-19-37(33)40/h3-26H,2H2,1H3. The lowest BCUT2D eigenvalue weighted by molar-refractivity contribution is 1.11. The van der Waals surface area contributed by atoms with Gasteiger partial charge in [0, 0.05) is 33.4 Å². The van der Waals surface area contributed by atoms with Gasteiger partial charge in [-0.25, -0.2) is 0 Å². The number of fused-ring (bicyclic) bond motifs is 3. The summed E-state index contributed by atoms with van der Waals surface area (Å²) in [4.78, 5) is 7.24. The summed E-state index contributed by atoms with van der Waals surface area (Å²) < 4.78 is 2.30. The van der Waals surface area contributed by atoms with Gasteiger partial charge >= 0.3 is 0 Å². The third-order valence-electron chi connectivity index (χ3n) is 7.64. The molecule has 0 fully saturated rings. The number of anilines is 3. The molecule has 192 valence electrons. The highest BCUT2D eigenvalue weighted by atomic mass is 15.1. The molecule has 0 N–H and O–H groups in total. The minimum absolute atomic E-state index is 0.955. The second kappa shape index (κ2) is 10.2. The van der Waals surface area contributed by atoms with Gasteiger partial charge in [0.05, 0.1) is 28.6 Å². The predicted octanol–water partition coefficient (Wildman–Crippen LogP) is 9.88. The Morgan fingerprint density at radius 1 is 0.575 bits per heavy atom. The molecule has 0 saturated heterocycles. The van der Waals surface area contributed by atoms with Crippen LogP contribution in [0.3, 0.4) is 0 Å². The summed E-state index contributed by atoms with van der Waals surface area (Å²) in [5, 5.41) is 2.51. The fraction of sp³-hybridized carbons (Fsp3) is 0.0541. The van der Waals surface area contributed by atoms with E-state index in [-0.39, 0.29) is 0 Å². The van der Waals surface area contributed by atoms with Gasteiger partial charge < -0.3 is 9.47 Å². The van der Waals surface area contributed by atoms with Crippen LogP contribution in [-0.4, -0.2) is 9.55 Å². The summed E-state index contributed by atoms with van der Waals surface area (Å²) in [6.45, 7) is 2.21. The highest BCUT2D eigenvalue weighted by Crippen LogP contribution is 2.37. The van der Waals surface area contributed by atoms with Gasteiger partial charge in [0.25, 0.3) is 0 Å². The van der Waals surface area contributed by atoms with Crippen molar-refractivity contribution in [3.63, 3.8) is 0 Å². The minimum atomic E-state index is 0.955. The molecular weight excluding hydrogens is 486 g/mol. The molecule has 0 unspecified atom stereocenters. The molecule has 0 bridgehead atoms. The Hall–Kier alpha value is -5.15. The van der Waals surface area contributed by atoms with Crippen LogP contribution in [0.1, 0.15) is 12.5 Å². The van der Waals surface area contributed by atoms with Crippen molar-refractivity contribution in [2.75, 3.05) is 4.90 Å². The average molecular weight is 516 g/mol. The fourth-order valence-corrected chi connectivity index (χ4v) is 5.70. The Balaban J connectivity index is 1.25. The van der Waals surface area contributed by atoms with Crippen LogP contribution in [-0.2, 0) is 6.42 Å². The zero-order valence-electron chi connectivity index (χ0n) is 22.4. The molecule has 0 saturated carbocycles. The lowest BCUT2D eigenvalue weighted by Crippen LogP contribution is -2.11. The first kappa shape index (κ1) is 23.9. The van der Waals surface area contributed by atoms with Crippen LogP contribution in [0.25, 0.3) is 38.8 Å². The molecule has 0 spiro atoms. The van der Waals surface area contributed by atoms with Crippen molar-refractivity contribution in [2.45, 2.75) is 13.3 Å². The zero-order chi connectivity index (χ0) is 26.9. The van der Waals surface area contributed by atoms with Crippen molar-refractivity contribution < 1.29 is 0 Å². The van der Waals surface area contributed by atoms with Crippen LogP contribution in [0, 0.1) is 0 Å². The van der Waals surface area contributed by atoms with Gasteiger partial charge in [-0.1, -0.05) is 91.9 Å². The van der Waals surface area contributed by atoms with Gasteiger partial charge in [0.1, 0.15) is 0 Å². The van der Waals surface area contributed by atoms with E-state index in [1.807, 2.05) is 6.20 Å². The first-order chi connectivity index (χ1) is 19.8. The van der Waals surface area contributed by atoms with Crippen LogP contribution < -0.4 is 4.90 Å². The number of rotatable bonds is 6. The second-order valence-corrected chi connectivity index (χ2v) is 9.97. The van der Waals surface area contributed by atoms with E-state index < -0.39 is 0 Å². The molecule has 40 heavy (non-hydrogen) atoms. The highest BCUT2D eigenvalue weighted by Gasteiger charge is 2.16. The topological polar surface area (TPSA) is 21.1 Å². The lowest BCUT2D eigenvalue weighted by Gasteiger charge is -2.27. The van der Waals surface area contributed by atoms with Crippen LogP contribution in [0.5, 0.6) is 0 Å². The van der Waals surface area contributed by atoms with E-state index in [4.69, 9.17) is 4.98 Å². The maximum Gasteiger partial charge on any atom is 0.0703 e. The lowest BCUT2D eigenvalue weighted by atomic mass is 10.1. The number of benzene rings is 5. The first-order valence-corrected chi connectivity index (χ1v) is 13.8. The highest BCUT2D eigenvalue weighted by molar-refractivity contribution is 6.09. The predicted molar refractivity (Wildman–Crippen MR) is 168 cm³/mol. The van der Waals surface area contributed by atoms with Crippen LogP contribution in [0.4, 0.5) is 17.1 Å². The van der Waals surface area contributed by atoms with E-state index in [9.17, 15) is 0 Å². The quantitative estimate of drug-likeness (QED) is 0.220. The molecular formula is C37H29N3. The first-order valence-electron chi connectivity index (χ1n) is 13.8. The van der Waals surface area contributed by atoms with Crippen molar-refractivity contribution in [2.24, 2.45) is 0 Å². The van der Waals surface area contributed by atoms with E-state index in [0.29, 0.717) is 0 Å². The Morgan fingerprint density at radius 2 is 1.18 bits per heavy atom. The molecule has 2 heterocycles. The smallest absolute Gasteiger partial charge is 0.0703 e. The zero-order valence-corrected chi connectivity index (χ0v) is 22.4. The van der Waals surface area contributed by atoms with Gasteiger partial charge in [0.15, 0.2) is 0 Å². The van der Waals surface area contributed by atoms with E-state index in [0.717, 1.165) is 34.7 Å². The van der Waals surface area contributed by atoms with E-state index in [1.54, 1.807) is 0 Å². The molecule has 7 aromatic rings. The molecule has 0 aliphatic heterocycles. The summed E-state index contributed by atoms with van der Waals surface area (Å²) in [5.41, 5.74) is 10.3. The molecule has 3 heteroatoms. The van der Waals surface area contributed by atoms with Gasteiger partial charge in [-0.15, -0.1) is 0 Å². The van der Waals surface area contributed by atoms with E-state index in [2.05, 4.69) is 156 Å². The number of hydrogen-bond donors (Lipinski definition) is 0. The summed E-state index contributed by atoms with van der Waals surface area (Å²) in [6, 6.07) is 49.3. The molecule has 0 atom stereocenters. The average Bonchev–Trinajstić information content (AvgIpc) is 3.37. The summed E-state index contributed by atoms with van der Waals surface area (Å²) in [7, 11) is 0. The van der Waals surface area contributed by atoms with Crippen molar-refractivity contribution >= 4 is 38.9 Å². The van der Waals surface area contributed by atoms with Crippen molar-refractivity contribution in [3.05, 3.63) is 151 Å². The number of nitrogens with zero attached hydrogens (tertiary/aromatic N) is 3. The van der Waals surface area contributed by atoms with Gasteiger partial charge in [-0.2, -0.15) is 0 Å². The molecule has 0 radical (unpaired) electrons. The maximum atomic E-state index is 4.90. The number of aryl methyl sites for hydroxylation is 1. The van der Waals surface area contributed by atoms with Gasteiger partial charge in [-0.05, 0) is 66.6 Å². The summed E-state index contributed by atoms with van der Waals surface area (Å²) in [6.07, 6.45) is 2.95. The fourth-order valence-electron chi connectivity index (χ4n) is 5.70. The minimum Gasteiger partial charge on any atom is -0.310 e. The third kappa shape index (κ3) is 4.13. The molecule has 5 aromatic carbocycles. The molecule has 3 nitrogen and oxygen atoms in total. The van der Waals surface area contributed by atoms with Gasteiger partial charge in [-0.3, -0.25) is 4.98 Å². The Kier molecular flexibility index (Phi) is 6.10. The normalized spacial score (nSPS) is 11.2. The van der Waals surface area contributed by atoms with Crippen LogP contribution >= 0.6 is 0 Å². The molecule has 0 aliphatic rings. The molecule has 0 amide bonds. The Morgan fingerprint density at radius 3 is 1.82 bits per heavy atom. The number of aromatic nitrogens is 2. The summed E-state index contributed by atoms with van der Waals surface area (Å²) >= 11 is 0. The molecule has 7 rings (SSSR count). The SMILES string of the molecule is CCc1ccccc1N(c1ccccc1)c1ccc(-c2ccc(-n3c4ccccc4c4ccccc43)cn2)cc1. The monoisotopic (exact) mass is 515 g/mol. The van der Waals surface area contributed by atoms with Crippen LogP contribution in [0.2, 0.25) is 0 Å². The maximum absolute atomic E-state index is 4.90. The van der Waals surface area contributed by atoms with Gasteiger partial charge in [0.2, 0.25) is 0 Å².